The van der Waals surface area contributed by atoms with E-state index >= 15 is 0 Å². The van der Waals surface area contributed by atoms with Crippen LogP contribution in [-0.2, 0) is 9.53 Å². The van der Waals surface area contributed by atoms with Crippen LogP contribution in [0.1, 0.15) is 52.9 Å². The molecule has 2 fully saturated rings. The van der Waals surface area contributed by atoms with E-state index in [4.69, 9.17) is 4.74 Å². The lowest BCUT2D eigenvalue weighted by atomic mass is 9.63. The molecule has 1 spiro atoms. The summed E-state index contributed by atoms with van der Waals surface area (Å²) in [5, 5.41) is 0. The maximum atomic E-state index is 12.4. The molecule has 2 nitrogen and oxygen atoms in total. The van der Waals surface area contributed by atoms with Crippen molar-refractivity contribution in [3.63, 3.8) is 0 Å². The van der Waals surface area contributed by atoms with Gasteiger partial charge >= 0.3 is 5.97 Å². The number of ether oxygens (including phenoxy) is 1. The van der Waals surface area contributed by atoms with Crippen LogP contribution in [0.5, 0.6) is 0 Å². The first-order valence-corrected chi connectivity index (χ1v) is 7.55. The van der Waals surface area contributed by atoms with Crippen molar-refractivity contribution >= 4 is 5.97 Å². The first kappa shape index (κ1) is 13.0. The van der Waals surface area contributed by atoms with Gasteiger partial charge in [0.2, 0.25) is 0 Å². The van der Waals surface area contributed by atoms with Gasteiger partial charge in [-0.3, -0.25) is 4.79 Å². The van der Waals surface area contributed by atoms with Crippen molar-refractivity contribution in [2.75, 3.05) is 0 Å². The average molecular weight is 260 g/mol. The van der Waals surface area contributed by atoms with E-state index in [2.05, 4.69) is 39.0 Å². The van der Waals surface area contributed by atoms with Crippen molar-refractivity contribution in [1.82, 2.24) is 0 Å². The van der Waals surface area contributed by atoms with Crippen LogP contribution in [0.2, 0.25) is 0 Å². The van der Waals surface area contributed by atoms with Crippen LogP contribution in [-0.4, -0.2) is 12.1 Å². The molecular weight excluding hydrogens is 236 g/mol. The van der Waals surface area contributed by atoms with Gasteiger partial charge in [-0.2, -0.15) is 0 Å². The van der Waals surface area contributed by atoms with Crippen LogP contribution >= 0.6 is 0 Å². The van der Waals surface area contributed by atoms with Crippen molar-refractivity contribution in [3.05, 3.63) is 23.8 Å². The van der Waals surface area contributed by atoms with Crippen molar-refractivity contribution in [3.8, 4) is 0 Å². The summed E-state index contributed by atoms with van der Waals surface area (Å²) >= 11 is 0. The standard InChI is InChI=1S/C17H24O2/c1-16(2,3)12-7-8-14-13(11-12)17(15(18)19-14)9-5-4-6-10-17/h7-8,11,13-14H,4-6,9-10H2,1-3H3/t13-,14+/m1/s1. The van der Waals surface area contributed by atoms with E-state index in [1.54, 1.807) is 0 Å². The molecule has 0 aromatic rings. The molecule has 104 valence electrons. The van der Waals surface area contributed by atoms with Gasteiger partial charge in [-0.1, -0.05) is 52.2 Å². The Morgan fingerprint density at radius 2 is 1.89 bits per heavy atom. The fourth-order valence-corrected chi connectivity index (χ4v) is 3.85. The minimum atomic E-state index is -0.218. The number of carbonyl (C=O) groups excluding carboxylic acids is 1. The smallest absolute Gasteiger partial charge is 0.313 e. The predicted molar refractivity (Wildman–Crippen MR) is 75.6 cm³/mol. The quantitative estimate of drug-likeness (QED) is 0.615. The van der Waals surface area contributed by atoms with Crippen LogP contribution in [0.3, 0.4) is 0 Å². The number of hydrogen-bond acceptors (Lipinski definition) is 2. The molecule has 0 amide bonds. The Labute approximate surface area is 115 Å². The third-order valence-corrected chi connectivity index (χ3v) is 5.08. The Bertz CT molecular complexity index is 444. The zero-order valence-corrected chi connectivity index (χ0v) is 12.2. The molecule has 1 heterocycles. The molecule has 3 rings (SSSR count). The molecule has 0 N–H and O–H groups in total. The van der Waals surface area contributed by atoms with Gasteiger partial charge in [0.05, 0.1) is 5.41 Å². The monoisotopic (exact) mass is 260 g/mol. The summed E-state index contributed by atoms with van der Waals surface area (Å²) in [5.41, 5.74) is 1.27. The second kappa shape index (κ2) is 4.22. The van der Waals surface area contributed by atoms with Gasteiger partial charge in [-0.15, -0.1) is 0 Å². The van der Waals surface area contributed by atoms with Crippen LogP contribution in [0.4, 0.5) is 0 Å². The van der Waals surface area contributed by atoms with E-state index in [1.165, 1.54) is 24.8 Å². The summed E-state index contributed by atoms with van der Waals surface area (Å²) in [6.07, 6.45) is 12.2. The Kier molecular flexibility index (Phi) is 2.88. The minimum Gasteiger partial charge on any atom is -0.457 e. The van der Waals surface area contributed by atoms with Gasteiger partial charge in [0, 0.05) is 5.92 Å². The molecule has 0 aromatic heterocycles. The van der Waals surface area contributed by atoms with E-state index < -0.39 is 0 Å². The predicted octanol–water partition coefficient (Wildman–Crippen LogP) is 4.02. The molecule has 1 aliphatic heterocycles. The van der Waals surface area contributed by atoms with Crippen molar-refractivity contribution in [1.29, 1.82) is 0 Å². The summed E-state index contributed by atoms with van der Waals surface area (Å²) in [6.45, 7) is 6.69. The maximum absolute atomic E-state index is 12.4. The first-order chi connectivity index (χ1) is 8.93. The molecule has 19 heavy (non-hydrogen) atoms. The minimum absolute atomic E-state index is 0.0169. The molecule has 0 aromatic carbocycles. The van der Waals surface area contributed by atoms with E-state index in [0.29, 0.717) is 0 Å². The zero-order chi connectivity index (χ0) is 13.7. The molecule has 0 bridgehead atoms. The van der Waals surface area contributed by atoms with Gasteiger partial charge in [0.1, 0.15) is 6.10 Å². The molecule has 3 aliphatic rings. The molecule has 1 saturated heterocycles. The van der Waals surface area contributed by atoms with E-state index in [-0.39, 0.29) is 28.8 Å². The fourth-order valence-electron chi connectivity index (χ4n) is 3.85. The Morgan fingerprint density at radius 3 is 2.53 bits per heavy atom. The fraction of sp³-hybridized carbons (Fsp3) is 0.706. The highest BCUT2D eigenvalue weighted by atomic mass is 16.6. The van der Waals surface area contributed by atoms with E-state index in [1.807, 2.05) is 0 Å². The highest BCUT2D eigenvalue weighted by Crippen LogP contribution is 2.53. The lowest BCUT2D eigenvalue weighted by Gasteiger charge is -2.36. The number of esters is 1. The lowest BCUT2D eigenvalue weighted by Crippen LogP contribution is -2.36. The van der Waals surface area contributed by atoms with Gasteiger partial charge in [0.15, 0.2) is 0 Å². The summed E-state index contributed by atoms with van der Waals surface area (Å²) < 4.78 is 5.65. The first-order valence-electron chi connectivity index (χ1n) is 7.55. The SMILES string of the molecule is CC(C)(C)C1=C[C@@H]2[C@H](C=C1)OC(=O)C21CCCCC1. The average Bonchev–Trinajstić information content (AvgIpc) is 2.62. The number of allylic oxidation sites excluding steroid dienone is 2. The molecular formula is C17H24O2. The molecule has 1 saturated carbocycles. The van der Waals surface area contributed by atoms with E-state index in [9.17, 15) is 4.79 Å². The molecule has 2 atom stereocenters. The highest BCUT2D eigenvalue weighted by Gasteiger charge is 2.56. The Morgan fingerprint density at radius 1 is 1.21 bits per heavy atom. The number of fused-ring (bicyclic) bond motifs is 2. The third kappa shape index (κ3) is 1.96. The zero-order valence-electron chi connectivity index (χ0n) is 12.2. The second-order valence-electron chi connectivity index (χ2n) is 7.34. The Balaban J connectivity index is 1.97. The van der Waals surface area contributed by atoms with Crippen LogP contribution in [0.25, 0.3) is 0 Å². The van der Waals surface area contributed by atoms with Crippen molar-refractivity contribution in [2.24, 2.45) is 16.7 Å². The number of rotatable bonds is 0. The molecule has 2 heteroatoms. The topological polar surface area (TPSA) is 26.3 Å². The molecule has 0 unspecified atom stereocenters. The van der Waals surface area contributed by atoms with Crippen LogP contribution in [0, 0.1) is 16.7 Å². The summed E-state index contributed by atoms with van der Waals surface area (Å²) in [5.74, 6) is 0.317. The van der Waals surface area contributed by atoms with Gasteiger partial charge in [0.25, 0.3) is 0 Å². The summed E-state index contributed by atoms with van der Waals surface area (Å²) in [7, 11) is 0. The number of carbonyl (C=O) groups is 1. The maximum Gasteiger partial charge on any atom is 0.313 e. The van der Waals surface area contributed by atoms with Gasteiger partial charge in [-0.05, 0) is 29.9 Å². The summed E-state index contributed by atoms with van der Waals surface area (Å²) in [6, 6.07) is 0. The third-order valence-electron chi connectivity index (χ3n) is 5.08. The Hall–Kier alpha value is -1.05. The van der Waals surface area contributed by atoms with Crippen LogP contribution in [0.15, 0.2) is 23.8 Å². The molecule has 2 aliphatic carbocycles. The molecule has 0 radical (unpaired) electrons. The van der Waals surface area contributed by atoms with Gasteiger partial charge in [-0.25, -0.2) is 0 Å². The van der Waals surface area contributed by atoms with Crippen molar-refractivity contribution < 1.29 is 9.53 Å². The van der Waals surface area contributed by atoms with E-state index in [0.717, 1.165) is 12.8 Å². The normalized spacial score (nSPS) is 33.0. The van der Waals surface area contributed by atoms with Crippen molar-refractivity contribution in [2.45, 2.75) is 59.0 Å². The lowest BCUT2D eigenvalue weighted by molar-refractivity contribution is -0.149. The second-order valence-corrected chi connectivity index (χ2v) is 7.34. The summed E-state index contributed by atoms with van der Waals surface area (Å²) in [4.78, 5) is 12.4. The highest BCUT2D eigenvalue weighted by molar-refractivity contribution is 5.81. The number of hydrogen-bond donors (Lipinski definition) is 0. The largest absolute Gasteiger partial charge is 0.457 e. The van der Waals surface area contributed by atoms with Crippen LogP contribution < -0.4 is 0 Å². The van der Waals surface area contributed by atoms with Gasteiger partial charge < -0.3 is 4.74 Å².